The van der Waals surface area contributed by atoms with Gasteiger partial charge in [-0.2, -0.15) is 11.8 Å². The number of nitro groups is 1. The number of nitrogens with two attached hydrogens (primary N) is 2. The van der Waals surface area contributed by atoms with E-state index >= 15 is 0 Å². The van der Waals surface area contributed by atoms with Gasteiger partial charge in [-0.05, 0) is 31.3 Å². The maximum Gasteiger partial charge on any atom is 0.265 e. The fourth-order valence-electron chi connectivity index (χ4n) is 1.63. The number of nitrogens with zero attached hydrogens (tertiary/aromatic N) is 2. The third kappa shape index (κ3) is 9.81. The van der Waals surface area contributed by atoms with E-state index in [0.29, 0.717) is 18.6 Å². The Hall–Kier alpha value is -2.12. The van der Waals surface area contributed by atoms with Crippen molar-refractivity contribution < 1.29 is 19.8 Å². The quantitative estimate of drug-likeness (QED) is 0.0594. The molecule has 2 atom stereocenters. The van der Waals surface area contributed by atoms with Crippen LogP contribution < -0.4 is 27.7 Å². The fourth-order valence-corrected chi connectivity index (χ4v) is 2.11. The summed E-state index contributed by atoms with van der Waals surface area (Å²) in [5, 5.41) is 20.5. The van der Waals surface area contributed by atoms with Gasteiger partial charge in [-0.3, -0.25) is 14.8 Å². The van der Waals surface area contributed by atoms with Crippen LogP contribution in [-0.4, -0.2) is 58.7 Å². The number of hydroxylamine groups is 1. The number of thioether (sulfide) groups is 1. The number of rotatable bonds is 11. The van der Waals surface area contributed by atoms with Crippen LogP contribution in [0.15, 0.2) is 4.99 Å². The first-order chi connectivity index (χ1) is 11.3. The average molecular weight is 365 g/mol. The van der Waals surface area contributed by atoms with Crippen molar-refractivity contribution >= 4 is 29.5 Å². The zero-order valence-corrected chi connectivity index (χ0v) is 14.0. The van der Waals surface area contributed by atoms with Crippen molar-refractivity contribution in [2.24, 2.45) is 16.5 Å². The lowest BCUT2D eigenvalue weighted by molar-refractivity contribution is -0.525. The first-order valence-electron chi connectivity index (χ1n) is 7.01. The van der Waals surface area contributed by atoms with Crippen molar-refractivity contribution in [3.63, 3.8) is 0 Å². The smallest absolute Gasteiger partial charge is 0.265 e. The molecule has 0 aliphatic rings. The van der Waals surface area contributed by atoms with Crippen LogP contribution in [0.1, 0.15) is 19.3 Å². The van der Waals surface area contributed by atoms with Crippen LogP contribution in [0.25, 0.3) is 0 Å². The predicted octanol–water partition coefficient (Wildman–Crippen LogP) is -2.07. The Bertz CT molecular complexity index is 462. The van der Waals surface area contributed by atoms with Crippen molar-refractivity contribution in [2.45, 2.75) is 31.3 Å². The number of nitrogens with one attached hydrogen (secondary N) is 3. The molecule has 0 heterocycles. The zero-order chi connectivity index (χ0) is 18.5. The van der Waals surface area contributed by atoms with Crippen molar-refractivity contribution in [3.05, 3.63) is 10.1 Å². The summed E-state index contributed by atoms with van der Waals surface area (Å²) < 4.78 is 0. The lowest BCUT2D eigenvalue weighted by Crippen LogP contribution is -2.51. The zero-order valence-electron chi connectivity index (χ0n) is 13.2. The lowest BCUT2D eigenvalue weighted by atomic mass is 10.1. The van der Waals surface area contributed by atoms with E-state index in [-0.39, 0.29) is 18.9 Å². The van der Waals surface area contributed by atoms with E-state index in [9.17, 15) is 19.7 Å². The number of carbonyl (C=O) groups is 2. The highest BCUT2D eigenvalue weighted by Crippen LogP contribution is 2.02. The van der Waals surface area contributed by atoms with Gasteiger partial charge < -0.3 is 16.8 Å². The van der Waals surface area contributed by atoms with Gasteiger partial charge in [0.2, 0.25) is 5.91 Å². The Morgan fingerprint density at radius 1 is 1.38 bits per heavy atom. The minimum Gasteiger partial charge on any atom is -0.365 e. The van der Waals surface area contributed by atoms with Crippen molar-refractivity contribution in [2.75, 3.05) is 18.6 Å². The van der Waals surface area contributed by atoms with Crippen molar-refractivity contribution in [1.29, 1.82) is 0 Å². The minimum atomic E-state index is -0.997. The van der Waals surface area contributed by atoms with Gasteiger partial charge in [0.25, 0.3) is 11.9 Å². The van der Waals surface area contributed by atoms with Gasteiger partial charge in [0.05, 0.1) is 6.04 Å². The number of amides is 2. The highest BCUT2D eigenvalue weighted by Gasteiger charge is 2.23. The Kier molecular flexibility index (Phi) is 11.2. The number of carbonyl (C=O) groups excluding carboxylic acids is 2. The minimum absolute atomic E-state index is 0.0935. The van der Waals surface area contributed by atoms with E-state index in [1.807, 2.05) is 6.26 Å². The molecule has 0 rings (SSSR count). The van der Waals surface area contributed by atoms with Crippen LogP contribution in [0.5, 0.6) is 0 Å². The maximum atomic E-state index is 11.9. The molecule has 1 unspecified atom stereocenters. The van der Waals surface area contributed by atoms with Crippen LogP contribution in [0.4, 0.5) is 0 Å². The van der Waals surface area contributed by atoms with Gasteiger partial charge >= 0.3 is 0 Å². The summed E-state index contributed by atoms with van der Waals surface area (Å²) in [5.74, 6) is -0.967. The standard InChI is InChI=1S/C11H23N7O5S/c1-24-6-4-7(12)9(19)15-8(10(20)17-21)3-2-5-14-11(13)16-18(22)23/h7-8,21H,2-6,12H2,1H3,(H,15,19)(H,17,20)(H3,13,14,16)/t7?,8-/m0/s1. The normalized spacial score (nSPS) is 13.7. The molecular weight excluding hydrogens is 342 g/mol. The Morgan fingerprint density at radius 3 is 2.58 bits per heavy atom. The maximum absolute atomic E-state index is 11.9. The molecule has 24 heavy (non-hydrogen) atoms. The molecule has 138 valence electrons. The highest BCUT2D eigenvalue weighted by molar-refractivity contribution is 7.98. The molecule has 0 aliphatic heterocycles. The monoisotopic (exact) mass is 365 g/mol. The van der Waals surface area contributed by atoms with Gasteiger partial charge in [0.1, 0.15) is 6.04 Å². The van der Waals surface area contributed by atoms with E-state index in [2.05, 4.69) is 10.3 Å². The van der Waals surface area contributed by atoms with E-state index < -0.39 is 28.9 Å². The largest absolute Gasteiger partial charge is 0.365 e. The second-order valence-electron chi connectivity index (χ2n) is 4.70. The molecule has 0 aromatic carbocycles. The molecule has 0 bridgehead atoms. The number of hydrogen-bond donors (Lipinski definition) is 6. The number of aliphatic imine (C=N–C) groups is 1. The Morgan fingerprint density at radius 2 is 2.04 bits per heavy atom. The van der Waals surface area contributed by atoms with Crippen LogP contribution in [0, 0.1) is 10.1 Å². The molecule has 0 saturated heterocycles. The highest BCUT2D eigenvalue weighted by atomic mass is 32.2. The molecule has 2 amide bonds. The molecule has 0 aromatic rings. The number of hydrogen-bond acceptors (Lipinski definition) is 8. The van der Waals surface area contributed by atoms with E-state index in [1.165, 1.54) is 5.48 Å². The summed E-state index contributed by atoms with van der Waals surface area (Å²) >= 11 is 1.54. The molecule has 8 N–H and O–H groups in total. The second-order valence-corrected chi connectivity index (χ2v) is 5.69. The van der Waals surface area contributed by atoms with E-state index in [1.54, 1.807) is 17.2 Å². The van der Waals surface area contributed by atoms with Crippen molar-refractivity contribution in [3.8, 4) is 0 Å². The van der Waals surface area contributed by atoms with Crippen LogP contribution >= 0.6 is 11.8 Å². The molecular formula is C11H23N7O5S. The van der Waals surface area contributed by atoms with E-state index in [4.69, 9.17) is 16.7 Å². The molecule has 0 fully saturated rings. The van der Waals surface area contributed by atoms with Crippen LogP contribution in [0.3, 0.4) is 0 Å². The molecule has 0 spiro atoms. The SMILES string of the molecule is CSCCC(N)C(=O)N[C@@H](CCCN=C(N)N[N+](=O)[O-])C(=O)NO. The average Bonchev–Trinajstić information content (AvgIpc) is 2.53. The van der Waals surface area contributed by atoms with Gasteiger partial charge in [-0.25, -0.2) is 20.6 Å². The summed E-state index contributed by atoms with van der Waals surface area (Å²) in [4.78, 5) is 37.3. The predicted molar refractivity (Wildman–Crippen MR) is 88.7 cm³/mol. The fraction of sp³-hybridized carbons (Fsp3) is 0.727. The summed E-state index contributed by atoms with van der Waals surface area (Å²) in [6, 6.07) is -1.76. The molecule has 0 aliphatic carbocycles. The summed E-state index contributed by atoms with van der Waals surface area (Å²) in [7, 11) is 0. The molecule has 0 aromatic heterocycles. The number of hydrazine groups is 1. The van der Waals surface area contributed by atoms with Gasteiger partial charge in [-0.15, -0.1) is 0 Å². The Labute approximate surface area is 142 Å². The Balaban J connectivity index is 4.45. The van der Waals surface area contributed by atoms with Crippen LogP contribution in [-0.2, 0) is 9.59 Å². The second kappa shape index (κ2) is 12.3. The summed E-state index contributed by atoms with van der Waals surface area (Å²) in [6.45, 7) is 0.0935. The number of guanidine groups is 1. The molecule has 0 saturated carbocycles. The third-order valence-corrected chi connectivity index (χ3v) is 3.50. The first-order valence-corrected chi connectivity index (χ1v) is 8.41. The lowest BCUT2D eigenvalue weighted by Gasteiger charge is -2.19. The first kappa shape index (κ1) is 21.9. The van der Waals surface area contributed by atoms with Gasteiger partial charge in [0.15, 0.2) is 5.03 Å². The van der Waals surface area contributed by atoms with E-state index in [0.717, 1.165) is 0 Å². The topological polar surface area (TPSA) is 198 Å². The summed E-state index contributed by atoms with van der Waals surface area (Å²) in [6.07, 6.45) is 2.77. The summed E-state index contributed by atoms with van der Waals surface area (Å²) in [5.41, 5.74) is 14.1. The van der Waals surface area contributed by atoms with Gasteiger partial charge in [0, 0.05) is 6.54 Å². The third-order valence-electron chi connectivity index (χ3n) is 2.85. The molecule has 0 radical (unpaired) electrons. The van der Waals surface area contributed by atoms with Gasteiger partial charge in [-0.1, -0.05) is 5.43 Å². The van der Waals surface area contributed by atoms with Crippen LogP contribution in [0.2, 0.25) is 0 Å². The molecule has 13 heteroatoms. The molecule has 12 nitrogen and oxygen atoms in total. The van der Waals surface area contributed by atoms with Crippen molar-refractivity contribution in [1.82, 2.24) is 16.2 Å².